The smallest absolute Gasteiger partial charge is 0.0808 e. The van der Waals surface area contributed by atoms with Crippen LogP contribution in [0.3, 0.4) is 0 Å². The van der Waals surface area contributed by atoms with Crippen LogP contribution >= 0.6 is 15.9 Å². The highest BCUT2D eigenvalue weighted by molar-refractivity contribution is 9.10. The molecule has 0 fully saturated rings. The number of nitrogens with zero attached hydrogens (tertiary/aromatic N) is 1. The molecular weight excluding hydrogens is 218 g/mol. The normalized spacial score (nSPS) is 22.0. The van der Waals surface area contributed by atoms with Gasteiger partial charge < -0.3 is 5.11 Å². The SMILES string of the molecule is O[C@@H]1CCCc2c(Br)cncc21. The molecule has 1 aliphatic rings. The van der Waals surface area contributed by atoms with Gasteiger partial charge in [0.1, 0.15) is 0 Å². The van der Waals surface area contributed by atoms with E-state index in [1.807, 2.05) is 0 Å². The quantitative estimate of drug-likeness (QED) is 0.738. The van der Waals surface area contributed by atoms with Crippen LogP contribution < -0.4 is 0 Å². The summed E-state index contributed by atoms with van der Waals surface area (Å²) >= 11 is 3.44. The van der Waals surface area contributed by atoms with Crippen LogP contribution in [0.1, 0.15) is 30.1 Å². The van der Waals surface area contributed by atoms with E-state index in [9.17, 15) is 5.11 Å². The first kappa shape index (κ1) is 8.20. The number of rotatable bonds is 0. The highest BCUT2D eigenvalue weighted by Gasteiger charge is 2.19. The predicted octanol–water partition coefficient (Wildman–Crippen LogP) is 2.21. The second-order valence-electron chi connectivity index (χ2n) is 3.10. The van der Waals surface area contributed by atoms with Crippen LogP contribution in [-0.2, 0) is 6.42 Å². The van der Waals surface area contributed by atoms with E-state index in [-0.39, 0.29) is 6.10 Å². The summed E-state index contributed by atoms with van der Waals surface area (Å²) in [6.07, 6.45) is 6.23. The van der Waals surface area contributed by atoms with Gasteiger partial charge in [0.15, 0.2) is 0 Å². The van der Waals surface area contributed by atoms with Gasteiger partial charge in [-0.05, 0) is 40.8 Å². The molecule has 1 atom stereocenters. The standard InChI is InChI=1S/C9H10BrNO/c10-8-5-11-4-7-6(8)2-1-3-9(7)12/h4-5,9,12H,1-3H2/t9-/m1/s1. The summed E-state index contributed by atoms with van der Waals surface area (Å²) in [6.45, 7) is 0. The lowest BCUT2D eigenvalue weighted by atomic mass is 9.91. The van der Waals surface area contributed by atoms with Crippen molar-refractivity contribution in [3.63, 3.8) is 0 Å². The topological polar surface area (TPSA) is 33.1 Å². The average Bonchev–Trinajstić information content (AvgIpc) is 2.07. The van der Waals surface area contributed by atoms with E-state index in [4.69, 9.17) is 0 Å². The fourth-order valence-electron chi connectivity index (χ4n) is 1.66. The lowest BCUT2D eigenvalue weighted by Crippen LogP contribution is -2.10. The highest BCUT2D eigenvalue weighted by atomic mass is 79.9. The maximum absolute atomic E-state index is 9.62. The number of pyridine rings is 1. The number of aromatic nitrogens is 1. The fraction of sp³-hybridized carbons (Fsp3) is 0.444. The third kappa shape index (κ3) is 1.27. The Balaban J connectivity index is 2.52. The minimum Gasteiger partial charge on any atom is -0.388 e. The molecule has 0 spiro atoms. The summed E-state index contributed by atoms with van der Waals surface area (Å²) in [5.74, 6) is 0. The summed E-state index contributed by atoms with van der Waals surface area (Å²) in [6, 6.07) is 0. The van der Waals surface area contributed by atoms with Crippen molar-refractivity contribution in [2.24, 2.45) is 0 Å². The zero-order valence-electron chi connectivity index (χ0n) is 6.63. The lowest BCUT2D eigenvalue weighted by Gasteiger charge is -2.21. The molecule has 1 N–H and O–H groups in total. The van der Waals surface area contributed by atoms with E-state index in [1.165, 1.54) is 5.56 Å². The molecule has 1 aromatic heterocycles. The number of hydrogen-bond donors (Lipinski definition) is 1. The number of aliphatic hydroxyl groups excluding tert-OH is 1. The van der Waals surface area contributed by atoms with Crippen LogP contribution in [-0.4, -0.2) is 10.1 Å². The molecule has 1 heterocycles. The Hall–Kier alpha value is -0.410. The molecule has 0 saturated carbocycles. The zero-order chi connectivity index (χ0) is 8.55. The van der Waals surface area contributed by atoms with Gasteiger partial charge in [-0.1, -0.05) is 0 Å². The lowest BCUT2D eigenvalue weighted by molar-refractivity contribution is 0.156. The first-order valence-electron chi connectivity index (χ1n) is 4.09. The van der Waals surface area contributed by atoms with E-state index >= 15 is 0 Å². The number of fused-ring (bicyclic) bond motifs is 1. The first-order valence-corrected chi connectivity index (χ1v) is 4.88. The van der Waals surface area contributed by atoms with Gasteiger partial charge in [0, 0.05) is 22.4 Å². The summed E-state index contributed by atoms with van der Waals surface area (Å²) in [5.41, 5.74) is 2.22. The molecule has 0 bridgehead atoms. The molecule has 0 amide bonds. The minimum absolute atomic E-state index is 0.307. The number of halogens is 1. The fourth-order valence-corrected chi connectivity index (χ4v) is 2.20. The largest absolute Gasteiger partial charge is 0.388 e. The molecule has 0 aromatic carbocycles. The Labute approximate surface area is 79.8 Å². The van der Waals surface area contributed by atoms with Crippen LogP contribution in [0.4, 0.5) is 0 Å². The average molecular weight is 228 g/mol. The molecule has 1 aromatic rings. The summed E-state index contributed by atoms with van der Waals surface area (Å²) < 4.78 is 1.03. The Morgan fingerprint density at radius 2 is 2.33 bits per heavy atom. The van der Waals surface area contributed by atoms with E-state index in [0.717, 1.165) is 29.3 Å². The van der Waals surface area contributed by atoms with Crippen LogP contribution in [0.5, 0.6) is 0 Å². The van der Waals surface area contributed by atoms with Crippen molar-refractivity contribution in [2.45, 2.75) is 25.4 Å². The maximum Gasteiger partial charge on any atom is 0.0808 e. The molecule has 0 saturated heterocycles. The third-order valence-electron chi connectivity index (χ3n) is 2.30. The van der Waals surface area contributed by atoms with Gasteiger partial charge in [0.25, 0.3) is 0 Å². The van der Waals surface area contributed by atoms with Crippen molar-refractivity contribution < 1.29 is 5.11 Å². The zero-order valence-corrected chi connectivity index (χ0v) is 8.21. The molecule has 3 heteroatoms. The highest BCUT2D eigenvalue weighted by Crippen LogP contribution is 2.32. The van der Waals surface area contributed by atoms with Crippen molar-refractivity contribution in [3.05, 3.63) is 28.0 Å². The van der Waals surface area contributed by atoms with Gasteiger partial charge in [-0.3, -0.25) is 4.98 Å². The molecule has 2 nitrogen and oxygen atoms in total. The van der Waals surface area contributed by atoms with Gasteiger partial charge in [0.05, 0.1) is 6.10 Å². The second-order valence-corrected chi connectivity index (χ2v) is 3.95. The summed E-state index contributed by atoms with van der Waals surface area (Å²) in [4.78, 5) is 4.04. The second kappa shape index (κ2) is 3.15. The van der Waals surface area contributed by atoms with Crippen molar-refractivity contribution in [1.82, 2.24) is 4.98 Å². The van der Waals surface area contributed by atoms with E-state index in [1.54, 1.807) is 12.4 Å². The summed E-state index contributed by atoms with van der Waals surface area (Å²) in [5, 5.41) is 9.62. The molecule has 0 unspecified atom stereocenters. The van der Waals surface area contributed by atoms with Crippen LogP contribution in [0.25, 0.3) is 0 Å². The Bertz CT molecular complexity index is 301. The van der Waals surface area contributed by atoms with Gasteiger partial charge in [-0.2, -0.15) is 0 Å². The molecule has 0 radical (unpaired) electrons. The molecule has 12 heavy (non-hydrogen) atoms. The number of aliphatic hydroxyl groups is 1. The van der Waals surface area contributed by atoms with Crippen molar-refractivity contribution in [3.8, 4) is 0 Å². The molecule has 1 aliphatic carbocycles. The number of hydrogen-bond acceptors (Lipinski definition) is 2. The molecule has 64 valence electrons. The Kier molecular flexibility index (Phi) is 2.15. The summed E-state index contributed by atoms with van der Waals surface area (Å²) in [7, 11) is 0. The van der Waals surface area contributed by atoms with E-state index < -0.39 is 0 Å². The third-order valence-corrected chi connectivity index (χ3v) is 2.98. The van der Waals surface area contributed by atoms with Crippen LogP contribution in [0.2, 0.25) is 0 Å². The van der Waals surface area contributed by atoms with Gasteiger partial charge in [-0.15, -0.1) is 0 Å². The molecular formula is C9H10BrNO. The van der Waals surface area contributed by atoms with Gasteiger partial charge in [0.2, 0.25) is 0 Å². The monoisotopic (exact) mass is 227 g/mol. The minimum atomic E-state index is -0.307. The van der Waals surface area contributed by atoms with Gasteiger partial charge >= 0.3 is 0 Å². The molecule has 2 rings (SSSR count). The Morgan fingerprint density at radius 3 is 3.08 bits per heavy atom. The van der Waals surface area contributed by atoms with Crippen molar-refractivity contribution in [2.75, 3.05) is 0 Å². The van der Waals surface area contributed by atoms with E-state index in [0.29, 0.717) is 0 Å². The van der Waals surface area contributed by atoms with Crippen molar-refractivity contribution in [1.29, 1.82) is 0 Å². The van der Waals surface area contributed by atoms with E-state index in [2.05, 4.69) is 20.9 Å². The van der Waals surface area contributed by atoms with Crippen molar-refractivity contribution >= 4 is 15.9 Å². The van der Waals surface area contributed by atoms with Crippen LogP contribution in [0, 0.1) is 0 Å². The predicted molar refractivity (Wildman–Crippen MR) is 49.8 cm³/mol. The maximum atomic E-state index is 9.62. The van der Waals surface area contributed by atoms with Gasteiger partial charge in [-0.25, -0.2) is 0 Å². The Morgan fingerprint density at radius 1 is 1.50 bits per heavy atom. The van der Waals surface area contributed by atoms with Crippen LogP contribution in [0.15, 0.2) is 16.9 Å². The first-order chi connectivity index (χ1) is 5.79. The molecule has 0 aliphatic heterocycles.